The van der Waals surface area contributed by atoms with Gasteiger partial charge in [0.1, 0.15) is 17.6 Å². The Morgan fingerprint density at radius 1 is 1.17 bits per heavy atom. The average molecular weight is 406 g/mol. The maximum atomic E-state index is 13.0. The predicted octanol–water partition coefficient (Wildman–Crippen LogP) is 2.99. The Labute approximate surface area is 176 Å². The number of fused-ring (bicyclic) bond motifs is 1. The highest BCUT2D eigenvalue weighted by molar-refractivity contribution is 6.46. The number of rotatable bonds is 5. The summed E-state index contributed by atoms with van der Waals surface area (Å²) in [5.41, 5.74) is 2.45. The highest BCUT2D eigenvalue weighted by Gasteiger charge is 2.45. The van der Waals surface area contributed by atoms with Crippen molar-refractivity contribution in [2.24, 2.45) is 0 Å². The fourth-order valence-corrected chi connectivity index (χ4v) is 4.13. The Morgan fingerprint density at radius 2 is 1.90 bits per heavy atom. The second kappa shape index (κ2) is 7.95. The number of aliphatic hydroxyl groups excluding tert-OH is 1. The first-order chi connectivity index (χ1) is 14.4. The minimum atomic E-state index is -0.648. The Morgan fingerprint density at radius 3 is 2.60 bits per heavy atom. The summed E-state index contributed by atoms with van der Waals surface area (Å²) in [6, 6.07) is 14.2. The van der Waals surface area contributed by atoms with Crippen LogP contribution in [0.3, 0.4) is 0 Å². The number of hydrogen-bond acceptors (Lipinski definition) is 5. The van der Waals surface area contributed by atoms with Crippen molar-refractivity contribution in [2.45, 2.75) is 25.5 Å². The molecule has 2 atom stereocenters. The van der Waals surface area contributed by atoms with Crippen molar-refractivity contribution in [2.75, 3.05) is 27.2 Å². The number of benzene rings is 2. The first-order valence-electron chi connectivity index (χ1n) is 10.1. The minimum absolute atomic E-state index is 0.0818. The molecule has 6 heteroatoms. The van der Waals surface area contributed by atoms with Crippen LogP contribution in [0.5, 0.6) is 5.75 Å². The summed E-state index contributed by atoms with van der Waals surface area (Å²) in [7, 11) is 3.84. The van der Waals surface area contributed by atoms with Gasteiger partial charge in [-0.25, -0.2) is 0 Å². The van der Waals surface area contributed by atoms with Crippen LogP contribution in [-0.2, 0) is 16.0 Å². The minimum Gasteiger partial charge on any atom is -0.507 e. The topological polar surface area (TPSA) is 70.1 Å². The molecular weight excluding hydrogens is 380 g/mol. The lowest BCUT2D eigenvalue weighted by molar-refractivity contribution is -0.140. The molecule has 1 amide bonds. The van der Waals surface area contributed by atoms with Gasteiger partial charge in [-0.05, 0) is 50.3 Å². The second-order valence-corrected chi connectivity index (χ2v) is 8.16. The molecule has 0 saturated carbocycles. The number of nitrogens with zero attached hydrogens (tertiary/aromatic N) is 2. The zero-order chi connectivity index (χ0) is 21.4. The number of likely N-dealkylation sites (tertiary alicyclic amines) is 1. The number of Topliss-reactive ketones (excluding diaryl/α,β-unsaturated/α-hetero) is 1. The van der Waals surface area contributed by atoms with Gasteiger partial charge in [-0.3, -0.25) is 9.59 Å². The molecular formula is C24H26N2O4. The Hall–Kier alpha value is -3.12. The number of carbonyl (C=O) groups is 2. The fourth-order valence-electron chi connectivity index (χ4n) is 4.13. The van der Waals surface area contributed by atoms with Crippen molar-refractivity contribution < 1.29 is 19.4 Å². The van der Waals surface area contributed by atoms with Gasteiger partial charge in [-0.1, -0.05) is 30.3 Å². The third-order valence-corrected chi connectivity index (χ3v) is 5.61. The summed E-state index contributed by atoms with van der Waals surface area (Å²) in [4.78, 5) is 29.4. The molecule has 2 aliphatic rings. The van der Waals surface area contributed by atoms with E-state index in [1.807, 2.05) is 68.4 Å². The van der Waals surface area contributed by atoms with Crippen LogP contribution in [-0.4, -0.2) is 59.9 Å². The quantitative estimate of drug-likeness (QED) is 0.470. The van der Waals surface area contributed by atoms with Crippen molar-refractivity contribution in [3.05, 3.63) is 70.8 Å². The van der Waals surface area contributed by atoms with Crippen molar-refractivity contribution >= 4 is 17.4 Å². The van der Waals surface area contributed by atoms with Crippen LogP contribution in [0.15, 0.2) is 54.1 Å². The van der Waals surface area contributed by atoms with Gasteiger partial charge in [0.25, 0.3) is 11.7 Å². The van der Waals surface area contributed by atoms with Gasteiger partial charge in [-0.2, -0.15) is 0 Å². The molecule has 6 nitrogen and oxygen atoms in total. The number of amides is 1. The van der Waals surface area contributed by atoms with Crippen LogP contribution < -0.4 is 4.74 Å². The fraction of sp³-hybridized carbons (Fsp3) is 0.333. The first-order valence-corrected chi connectivity index (χ1v) is 10.1. The van der Waals surface area contributed by atoms with Crippen molar-refractivity contribution in [3.63, 3.8) is 0 Å². The maximum Gasteiger partial charge on any atom is 0.295 e. The molecule has 0 aromatic heterocycles. The maximum absolute atomic E-state index is 13.0. The van der Waals surface area contributed by atoms with Crippen LogP contribution in [0, 0.1) is 0 Å². The molecule has 2 aromatic rings. The number of carbonyl (C=O) groups excluding carboxylic acids is 2. The van der Waals surface area contributed by atoms with Crippen LogP contribution in [0.25, 0.3) is 5.76 Å². The van der Waals surface area contributed by atoms with E-state index < -0.39 is 17.7 Å². The van der Waals surface area contributed by atoms with Crippen molar-refractivity contribution in [1.82, 2.24) is 9.80 Å². The summed E-state index contributed by atoms with van der Waals surface area (Å²) >= 11 is 0. The van der Waals surface area contributed by atoms with Crippen LogP contribution in [0.2, 0.25) is 0 Å². The first kappa shape index (κ1) is 20.2. The molecule has 2 aliphatic heterocycles. The van der Waals surface area contributed by atoms with Gasteiger partial charge in [-0.15, -0.1) is 0 Å². The molecule has 0 aliphatic carbocycles. The summed E-state index contributed by atoms with van der Waals surface area (Å²) in [5, 5.41) is 11.2. The lowest BCUT2D eigenvalue weighted by Crippen LogP contribution is -2.35. The van der Waals surface area contributed by atoms with Gasteiger partial charge in [0.05, 0.1) is 11.6 Å². The van der Waals surface area contributed by atoms with Gasteiger partial charge >= 0.3 is 0 Å². The molecule has 156 valence electrons. The van der Waals surface area contributed by atoms with E-state index in [-0.39, 0.29) is 17.4 Å². The van der Waals surface area contributed by atoms with Crippen molar-refractivity contribution in [1.29, 1.82) is 0 Å². The normalized spacial score (nSPS) is 22.5. The van der Waals surface area contributed by atoms with E-state index in [1.54, 1.807) is 11.0 Å². The highest BCUT2D eigenvalue weighted by Crippen LogP contribution is 2.40. The zero-order valence-corrected chi connectivity index (χ0v) is 17.5. The van der Waals surface area contributed by atoms with E-state index in [0.29, 0.717) is 18.7 Å². The molecule has 1 N–H and O–H groups in total. The smallest absolute Gasteiger partial charge is 0.295 e. The van der Waals surface area contributed by atoms with Gasteiger partial charge in [0.2, 0.25) is 0 Å². The molecule has 2 aromatic carbocycles. The van der Waals surface area contributed by atoms with E-state index in [1.165, 1.54) is 0 Å². The standard InChI is InChI=1S/C24H26N2O4/c1-15-13-18-14-17(9-10-19(18)30-15)22(27)20-21(16-7-5-4-6-8-16)26(12-11-25(2)3)24(29)23(20)28/h4-10,14-15,21,27H,11-13H2,1-3H3/b22-20+. The lowest BCUT2D eigenvalue weighted by atomic mass is 9.94. The predicted molar refractivity (Wildman–Crippen MR) is 114 cm³/mol. The van der Waals surface area contributed by atoms with E-state index in [4.69, 9.17) is 4.74 Å². The Kier molecular flexibility index (Phi) is 5.35. The Balaban J connectivity index is 1.80. The van der Waals surface area contributed by atoms with E-state index in [9.17, 15) is 14.7 Å². The molecule has 0 bridgehead atoms. The molecule has 1 fully saturated rings. The van der Waals surface area contributed by atoms with Gasteiger partial charge < -0.3 is 19.6 Å². The molecule has 2 unspecified atom stereocenters. The van der Waals surface area contributed by atoms with Crippen LogP contribution in [0.4, 0.5) is 0 Å². The number of aliphatic hydroxyl groups is 1. The third kappa shape index (κ3) is 3.59. The zero-order valence-electron chi connectivity index (χ0n) is 17.5. The number of ketones is 1. The number of ether oxygens (including phenoxy) is 1. The number of likely N-dealkylation sites (N-methyl/N-ethyl adjacent to an activating group) is 1. The highest BCUT2D eigenvalue weighted by atomic mass is 16.5. The number of hydrogen-bond donors (Lipinski definition) is 1. The third-order valence-electron chi connectivity index (χ3n) is 5.61. The average Bonchev–Trinajstić information content (AvgIpc) is 3.22. The van der Waals surface area contributed by atoms with Gasteiger partial charge in [0.15, 0.2) is 0 Å². The molecule has 0 radical (unpaired) electrons. The van der Waals surface area contributed by atoms with Crippen LogP contribution >= 0.6 is 0 Å². The van der Waals surface area contributed by atoms with E-state index in [0.717, 1.165) is 23.3 Å². The van der Waals surface area contributed by atoms with E-state index in [2.05, 4.69) is 0 Å². The second-order valence-electron chi connectivity index (χ2n) is 8.16. The SMILES string of the molecule is CC1Cc2cc(/C(O)=C3\C(=O)C(=O)N(CCN(C)C)C3c3ccccc3)ccc2O1. The molecule has 0 spiro atoms. The molecule has 4 rings (SSSR count). The summed E-state index contributed by atoms with van der Waals surface area (Å²) < 4.78 is 5.74. The van der Waals surface area contributed by atoms with E-state index >= 15 is 0 Å². The summed E-state index contributed by atoms with van der Waals surface area (Å²) in [6.45, 7) is 3.00. The van der Waals surface area contributed by atoms with Crippen LogP contribution in [0.1, 0.15) is 29.7 Å². The van der Waals surface area contributed by atoms with Gasteiger partial charge in [0, 0.05) is 25.1 Å². The van der Waals surface area contributed by atoms with Crippen molar-refractivity contribution in [3.8, 4) is 5.75 Å². The largest absolute Gasteiger partial charge is 0.507 e. The lowest BCUT2D eigenvalue weighted by Gasteiger charge is -2.26. The summed E-state index contributed by atoms with van der Waals surface area (Å²) in [6.07, 6.45) is 0.828. The monoisotopic (exact) mass is 406 g/mol. The summed E-state index contributed by atoms with van der Waals surface area (Å²) in [5.74, 6) is -0.572. The molecule has 1 saturated heterocycles. The molecule has 30 heavy (non-hydrogen) atoms. The molecule has 2 heterocycles. The Bertz CT molecular complexity index is 1010.